The van der Waals surface area contributed by atoms with Gasteiger partial charge in [0.05, 0.1) is 12.0 Å². The lowest BCUT2D eigenvalue weighted by Gasteiger charge is -2.37. The van der Waals surface area contributed by atoms with Gasteiger partial charge >= 0.3 is 0 Å². The topological polar surface area (TPSA) is 73.6 Å². The van der Waals surface area contributed by atoms with Crippen LogP contribution in [0.2, 0.25) is 0 Å². The van der Waals surface area contributed by atoms with Crippen LogP contribution in [0.5, 0.6) is 11.5 Å². The van der Waals surface area contributed by atoms with E-state index in [2.05, 4.69) is 5.32 Å². The van der Waals surface area contributed by atoms with E-state index in [1.807, 2.05) is 52.0 Å². The highest BCUT2D eigenvalue weighted by molar-refractivity contribution is 5.83. The molecule has 0 bridgehead atoms. The fourth-order valence-corrected chi connectivity index (χ4v) is 1.88. The van der Waals surface area contributed by atoms with Crippen LogP contribution in [0.1, 0.15) is 27.7 Å². The summed E-state index contributed by atoms with van der Waals surface area (Å²) in [4.78, 5) is 12.3. The van der Waals surface area contributed by atoms with Gasteiger partial charge in [-0.3, -0.25) is 4.79 Å². The van der Waals surface area contributed by atoms with E-state index >= 15 is 0 Å². The first kappa shape index (κ1) is 15.6. The average molecular weight is 292 g/mol. The fraction of sp³-hybridized carbons (Fsp3) is 0.562. The molecule has 2 rings (SSSR count). The van der Waals surface area contributed by atoms with Crippen LogP contribution in [-0.4, -0.2) is 30.7 Å². The van der Waals surface area contributed by atoms with E-state index in [4.69, 9.17) is 15.2 Å². The molecule has 0 aliphatic carbocycles. The molecular weight excluding hydrogens is 268 g/mol. The van der Waals surface area contributed by atoms with Gasteiger partial charge in [-0.1, -0.05) is 12.1 Å². The Bertz CT molecular complexity index is 520. The molecule has 0 fully saturated rings. The fourth-order valence-electron chi connectivity index (χ4n) is 1.88. The molecule has 0 saturated carbocycles. The first-order chi connectivity index (χ1) is 9.72. The van der Waals surface area contributed by atoms with Crippen molar-refractivity contribution in [3.63, 3.8) is 0 Å². The summed E-state index contributed by atoms with van der Waals surface area (Å²) in [5, 5.41) is 2.91. The molecule has 1 atom stereocenters. The molecule has 3 N–H and O–H groups in total. The van der Waals surface area contributed by atoms with Crippen LogP contribution < -0.4 is 20.5 Å². The van der Waals surface area contributed by atoms with Crippen LogP contribution >= 0.6 is 0 Å². The number of carbonyl (C=O) groups excluding carboxylic acids is 1. The van der Waals surface area contributed by atoms with Crippen LogP contribution in [-0.2, 0) is 4.79 Å². The Morgan fingerprint density at radius 3 is 2.52 bits per heavy atom. The van der Waals surface area contributed by atoms with Crippen molar-refractivity contribution in [2.24, 2.45) is 11.1 Å². The molecule has 1 amide bonds. The number of rotatable bonds is 4. The molecule has 1 aliphatic rings. The maximum absolute atomic E-state index is 12.3. The third-order valence-electron chi connectivity index (χ3n) is 4.24. The van der Waals surface area contributed by atoms with Crippen LogP contribution in [0, 0.1) is 5.41 Å². The molecule has 1 aromatic carbocycles. The molecule has 5 heteroatoms. The monoisotopic (exact) mass is 292 g/mol. The molecule has 0 aromatic heterocycles. The van der Waals surface area contributed by atoms with Crippen molar-refractivity contribution in [2.75, 3.05) is 13.2 Å². The van der Waals surface area contributed by atoms with Crippen molar-refractivity contribution in [3.05, 3.63) is 24.3 Å². The Kier molecular flexibility index (Phi) is 4.14. The standard InChI is InChI=1S/C16H24N2O3/c1-15(2,16(3,4)17)14(19)18-9-11-10-20-12-7-5-6-8-13(12)21-11/h5-8,11H,9-10,17H2,1-4H3,(H,18,19). The zero-order chi connectivity index (χ0) is 15.7. The molecule has 0 spiro atoms. The number of ether oxygens (including phenoxy) is 2. The molecule has 1 aliphatic heterocycles. The summed E-state index contributed by atoms with van der Waals surface area (Å²) in [6, 6.07) is 7.51. The quantitative estimate of drug-likeness (QED) is 0.886. The van der Waals surface area contributed by atoms with E-state index in [1.54, 1.807) is 0 Å². The first-order valence-corrected chi connectivity index (χ1v) is 7.17. The third kappa shape index (κ3) is 3.29. The van der Waals surface area contributed by atoms with E-state index in [-0.39, 0.29) is 12.0 Å². The van der Waals surface area contributed by atoms with Crippen molar-refractivity contribution in [2.45, 2.75) is 39.3 Å². The predicted molar refractivity (Wildman–Crippen MR) is 81.4 cm³/mol. The first-order valence-electron chi connectivity index (χ1n) is 7.17. The maximum Gasteiger partial charge on any atom is 0.227 e. The number of hydrogen-bond acceptors (Lipinski definition) is 4. The van der Waals surface area contributed by atoms with Crippen molar-refractivity contribution < 1.29 is 14.3 Å². The highest BCUT2D eigenvalue weighted by Crippen LogP contribution is 2.31. The second kappa shape index (κ2) is 5.56. The van der Waals surface area contributed by atoms with Gasteiger partial charge in [0.1, 0.15) is 12.7 Å². The molecular formula is C16H24N2O3. The van der Waals surface area contributed by atoms with E-state index in [0.29, 0.717) is 18.9 Å². The summed E-state index contributed by atoms with van der Waals surface area (Å²) >= 11 is 0. The Morgan fingerprint density at radius 1 is 1.29 bits per heavy atom. The zero-order valence-corrected chi connectivity index (χ0v) is 13.1. The number of benzene rings is 1. The minimum atomic E-state index is -0.666. The van der Waals surface area contributed by atoms with Gasteiger partial charge in [0, 0.05) is 5.54 Å². The molecule has 5 nitrogen and oxygen atoms in total. The van der Waals surface area contributed by atoms with Crippen LogP contribution in [0.25, 0.3) is 0 Å². The van der Waals surface area contributed by atoms with E-state index in [1.165, 1.54) is 0 Å². The number of para-hydroxylation sites is 2. The number of nitrogens with one attached hydrogen (secondary N) is 1. The van der Waals surface area contributed by atoms with Crippen LogP contribution in [0.4, 0.5) is 0 Å². The predicted octanol–water partition coefficient (Wildman–Crippen LogP) is 1.71. The number of fused-ring (bicyclic) bond motifs is 1. The molecule has 0 saturated heterocycles. The minimum Gasteiger partial charge on any atom is -0.486 e. The second-order valence-corrected chi connectivity index (χ2v) is 6.55. The van der Waals surface area contributed by atoms with Gasteiger partial charge in [-0.25, -0.2) is 0 Å². The molecule has 1 heterocycles. The number of hydrogen-bond donors (Lipinski definition) is 2. The third-order valence-corrected chi connectivity index (χ3v) is 4.24. The van der Waals surface area contributed by atoms with Crippen molar-refractivity contribution in [1.29, 1.82) is 0 Å². The number of nitrogens with two attached hydrogens (primary N) is 1. The molecule has 1 aromatic rings. The molecule has 1 unspecified atom stereocenters. The minimum absolute atomic E-state index is 0.0857. The zero-order valence-electron chi connectivity index (χ0n) is 13.1. The van der Waals surface area contributed by atoms with Gasteiger partial charge in [0.2, 0.25) is 5.91 Å². The summed E-state index contributed by atoms with van der Waals surface area (Å²) in [6.07, 6.45) is -0.194. The van der Waals surface area contributed by atoms with E-state index in [0.717, 1.165) is 5.75 Å². The Hall–Kier alpha value is -1.75. The molecule has 21 heavy (non-hydrogen) atoms. The van der Waals surface area contributed by atoms with Crippen molar-refractivity contribution in [1.82, 2.24) is 5.32 Å². The summed E-state index contributed by atoms with van der Waals surface area (Å²) in [6.45, 7) is 8.20. The SMILES string of the molecule is CC(C)(N)C(C)(C)C(=O)NCC1COc2ccccc2O1. The average Bonchev–Trinajstić information content (AvgIpc) is 2.43. The second-order valence-electron chi connectivity index (χ2n) is 6.55. The summed E-state index contributed by atoms with van der Waals surface area (Å²) in [5.41, 5.74) is 4.80. The van der Waals surface area contributed by atoms with Crippen molar-refractivity contribution >= 4 is 5.91 Å². The molecule has 0 radical (unpaired) electrons. The van der Waals surface area contributed by atoms with Gasteiger partial charge in [0.25, 0.3) is 0 Å². The smallest absolute Gasteiger partial charge is 0.227 e. The lowest BCUT2D eigenvalue weighted by Crippen LogP contribution is -2.56. The lowest BCUT2D eigenvalue weighted by molar-refractivity contribution is -0.132. The summed E-state index contributed by atoms with van der Waals surface area (Å²) in [7, 11) is 0. The van der Waals surface area contributed by atoms with Crippen LogP contribution in [0.3, 0.4) is 0 Å². The van der Waals surface area contributed by atoms with Gasteiger partial charge in [-0.05, 0) is 39.8 Å². The highest BCUT2D eigenvalue weighted by Gasteiger charge is 2.40. The molecule has 116 valence electrons. The maximum atomic E-state index is 12.3. The summed E-state index contributed by atoms with van der Waals surface area (Å²) < 4.78 is 11.4. The van der Waals surface area contributed by atoms with Gasteiger partial charge in [-0.2, -0.15) is 0 Å². The normalized spacial score (nSPS) is 18.2. The van der Waals surface area contributed by atoms with Crippen LogP contribution in [0.15, 0.2) is 24.3 Å². The Balaban J connectivity index is 1.92. The van der Waals surface area contributed by atoms with E-state index in [9.17, 15) is 4.79 Å². The Labute approximate surface area is 125 Å². The van der Waals surface area contributed by atoms with Gasteiger partial charge < -0.3 is 20.5 Å². The van der Waals surface area contributed by atoms with Gasteiger partial charge in [0.15, 0.2) is 11.5 Å². The number of carbonyl (C=O) groups is 1. The van der Waals surface area contributed by atoms with E-state index < -0.39 is 11.0 Å². The van der Waals surface area contributed by atoms with Gasteiger partial charge in [-0.15, -0.1) is 0 Å². The summed E-state index contributed by atoms with van der Waals surface area (Å²) in [5.74, 6) is 1.36. The largest absolute Gasteiger partial charge is 0.486 e. The highest BCUT2D eigenvalue weighted by atomic mass is 16.6. The Morgan fingerprint density at radius 2 is 1.90 bits per heavy atom. The lowest BCUT2D eigenvalue weighted by atomic mass is 9.74. The number of amides is 1. The van der Waals surface area contributed by atoms with Crippen molar-refractivity contribution in [3.8, 4) is 11.5 Å².